The second-order valence-electron chi connectivity index (χ2n) is 9.18. The van der Waals surface area contributed by atoms with Gasteiger partial charge in [-0.25, -0.2) is 0 Å². The third kappa shape index (κ3) is 5.73. The molecule has 1 N–H and O–H groups in total. The lowest BCUT2D eigenvalue weighted by Gasteiger charge is -2.21. The van der Waals surface area contributed by atoms with Crippen LogP contribution in [-0.2, 0) is 6.42 Å². The molecule has 0 saturated heterocycles. The average Bonchev–Trinajstić information content (AvgIpc) is 3.58. The molecule has 0 radical (unpaired) electrons. The number of rotatable bonds is 7. The molecule has 0 fully saturated rings. The number of nitrogens with zero attached hydrogens (tertiary/aromatic N) is 3. The van der Waals surface area contributed by atoms with Crippen LogP contribution in [0.5, 0.6) is 5.75 Å². The Balaban J connectivity index is 0.00000156. The molecular weight excluding hydrogens is 460 g/mol. The third-order valence-corrected chi connectivity index (χ3v) is 6.40. The summed E-state index contributed by atoms with van der Waals surface area (Å²) in [6.45, 7) is 10.1. The van der Waals surface area contributed by atoms with Crippen LogP contribution in [0.25, 0.3) is 22.8 Å². The zero-order valence-corrected chi connectivity index (χ0v) is 22.2. The molecule has 190 valence electrons. The molecule has 37 heavy (non-hydrogen) atoms. The summed E-state index contributed by atoms with van der Waals surface area (Å²) in [6.07, 6.45) is 1.96. The van der Waals surface area contributed by atoms with Gasteiger partial charge in [0, 0.05) is 23.2 Å². The maximum atomic E-state index is 9.55. The van der Waals surface area contributed by atoms with E-state index >= 15 is 0 Å². The van der Waals surface area contributed by atoms with Crippen LogP contribution in [0.3, 0.4) is 0 Å². The molecule has 1 aliphatic rings. The summed E-state index contributed by atoms with van der Waals surface area (Å²) in [5.74, 6) is 1.50. The first-order valence-electron chi connectivity index (χ1n) is 13.0. The fourth-order valence-corrected chi connectivity index (χ4v) is 4.73. The van der Waals surface area contributed by atoms with E-state index in [0.29, 0.717) is 28.6 Å². The van der Waals surface area contributed by atoms with Crippen LogP contribution in [0.4, 0.5) is 0 Å². The molecule has 1 aromatic heterocycles. The predicted octanol–water partition coefficient (Wildman–Crippen LogP) is 7.43. The van der Waals surface area contributed by atoms with Gasteiger partial charge in [-0.15, -0.1) is 0 Å². The van der Waals surface area contributed by atoms with Crippen LogP contribution in [-0.4, -0.2) is 16.2 Å². The van der Waals surface area contributed by atoms with Gasteiger partial charge in [0.05, 0.1) is 11.7 Å². The fraction of sp³-hybridized carbons (Fsp3) is 0.323. The molecule has 0 aliphatic heterocycles. The van der Waals surface area contributed by atoms with E-state index in [2.05, 4.69) is 70.9 Å². The zero-order chi connectivity index (χ0) is 26.4. The predicted molar refractivity (Wildman–Crippen MR) is 146 cm³/mol. The minimum atomic E-state index is -0.0165. The number of nitriles is 1. The van der Waals surface area contributed by atoms with Crippen molar-refractivity contribution < 1.29 is 9.26 Å². The van der Waals surface area contributed by atoms with Crippen LogP contribution >= 0.6 is 0 Å². The number of ether oxygens (including phenoxy) is 1. The number of nitrogens with one attached hydrogen (secondary N) is 1. The molecule has 6 heteroatoms. The summed E-state index contributed by atoms with van der Waals surface area (Å²) in [7, 11) is 0. The molecule has 0 spiro atoms. The van der Waals surface area contributed by atoms with Crippen molar-refractivity contribution in [1.29, 1.82) is 5.26 Å². The Morgan fingerprint density at radius 1 is 1.03 bits per heavy atom. The van der Waals surface area contributed by atoms with Crippen LogP contribution < -0.4 is 10.1 Å². The monoisotopic (exact) mass is 494 g/mol. The Labute approximate surface area is 219 Å². The smallest absolute Gasteiger partial charge is 0.258 e. The van der Waals surface area contributed by atoms with E-state index in [9.17, 15) is 5.26 Å². The molecule has 0 saturated carbocycles. The van der Waals surface area contributed by atoms with Crippen molar-refractivity contribution in [1.82, 2.24) is 15.5 Å². The van der Waals surface area contributed by atoms with Gasteiger partial charge in [-0.1, -0.05) is 67.5 Å². The highest BCUT2D eigenvalue weighted by Crippen LogP contribution is 2.38. The van der Waals surface area contributed by atoms with E-state index in [1.54, 1.807) is 12.1 Å². The SMILES string of the molecule is CC.CC(C)Oc1ccc(-c2nc(-c3cccc4c3CCC4NC(C)c3ccccc3)no2)cc1C#N. The highest BCUT2D eigenvalue weighted by Gasteiger charge is 2.27. The molecule has 2 unspecified atom stereocenters. The first kappa shape index (κ1) is 26.1. The van der Waals surface area contributed by atoms with E-state index in [0.717, 1.165) is 18.4 Å². The summed E-state index contributed by atoms with van der Waals surface area (Å²) in [6, 6.07) is 24.9. The Hall–Kier alpha value is -3.95. The molecule has 1 heterocycles. The molecular formula is C31H34N4O2. The highest BCUT2D eigenvalue weighted by molar-refractivity contribution is 5.67. The molecule has 1 aliphatic carbocycles. The minimum absolute atomic E-state index is 0.0165. The Kier molecular flexibility index (Phi) is 8.37. The van der Waals surface area contributed by atoms with E-state index in [1.807, 2.05) is 39.8 Å². The van der Waals surface area contributed by atoms with E-state index in [-0.39, 0.29) is 18.2 Å². The number of benzene rings is 3. The van der Waals surface area contributed by atoms with Gasteiger partial charge in [-0.2, -0.15) is 10.2 Å². The van der Waals surface area contributed by atoms with Crippen molar-refractivity contribution in [2.45, 2.75) is 65.6 Å². The van der Waals surface area contributed by atoms with Crippen molar-refractivity contribution in [3.63, 3.8) is 0 Å². The Morgan fingerprint density at radius 3 is 2.54 bits per heavy atom. The van der Waals surface area contributed by atoms with Gasteiger partial charge >= 0.3 is 0 Å². The van der Waals surface area contributed by atoms with E-state index in [4.69, 9.17) is 9.26 Å². The number of hydrogen-bond donors (Lipinski definition) is 1. The highest BCUT2D eigenvalue weighted by atomic mass is 16.5. The minimum Gasteiger partial charge on any atom is -0.490 e. The second-order valence-corrected chi connectivity index (χ2v) is 9.18. The molecule has 4 aromatic rings. The van der Waals surface area contributed by atoms with Crippen molar-refractivity contribution in [2.75, 3.05) is 0 Å². The van der Waals surface area contributed by atoms with Gasteiger partial charge in [0.1, 0.15) is 11.8 Å². The normalized spacial score (nSPS) is 14.9. The summed E-state index contributed by atoms with van der Waals surface area (Å²) in [4.78, 5) is 4.68. The largest absolute Gasteiger partial charge is 0.490 e. The second kappa shape index (κ2) is 11.9. The van der Waals surface area contributed by atoms with Crippen molar-refractivity contribution >= 4 is 0 Å². The molecule has 0 bridgehead atoms. The van der Waals surface area contributed by atoms with Crippen molar-refractivity contribution in [2.24, 2.45) is 0 Å². The third-order valence-electron chi connectivity index (χ3n) is 6.40. The van der Waals surface area contributed by atoms with Gasteiger partial charge in [-0.05, 0) is 68.5 Å². The van der Waals surface area contributed by atoms with Crippen LogP contribution in [0.2, 0.25) is 0 Å². The molecule has 6 nitrogen and oxygen atoms in total. The van der Waals surface area contributed by atoms with Gasteiger partial charge in [0.2, 0.25) is 5.82 Å². The van der Waals surface area contributed by atoms with Crippen LogP contribution in [0.15, 0.2) is 71.3 Å². The molecule has 3 aromatic carbocycles. The van der Waals surface area contributed by atoms with Gasteiger partial charge in [0.25, 0.3) is 5.89 Å². The van der Waals surface area contributed by atoms with Gasteiger partial charge in [-0.3, -0.25) is 0 Å². The van der Waals surface area contributed by atoms with Gasteiger partial charge < -0.3 is 14.6 Å². The van der Waals surface area contributed by atoms with Crippen LogP contribution in [0.1, 0.15) is 75.4 Å². The quantitative estimate of drug-likeness (QED) is 0.288. The first-order chi connectivity index (χ1) is 18.0. The lowest BCUT2D eigenvalue weighted by atomic mass is 10.0. The number of fused-ring (bicyclic) bond motifs is 1. The summed E-state index contributed by atoms with van der Waals surface area (Å²) < 4.78 is 11.3. The lowest BCUT2D eigenvalue weighted by molar-refractivity contribution is 0.241. The summed E-state index contributed by atoms with van der Waals surface area (Å²) in [5.41, 5.74) is 5.96. The first-order valence-corrected chi connectivity index (χ1v) is 13.0. The average molecular weight is 495 g/mol. The maximum absolute atomic E-state index is 9.55. The molecule has 2 atom stereocenters. The molecule has 5 rings (SSSR count). The summed E-state index contributed by atoms with van der Waals surface area (Å²) in [5, 5.41) is 17.6. The van der Waals surface area contributed by atoms with Gasteiger partial charge in [0.15, 0.2) is 0 Å². The van der Waals surface area contributed by atoms with E-state index in [1.165, 1.54) is 16.7 Å². The number of aromatic nitrogens is 2. The maximum Gasteiger partial charge on any atom is 0.258 e. The zero-order valence-electron chi connectivity index (χ0n) is 22.2. The number of hydrogen-bond acceptors (Lipinski definition) is 6. The standard InChI is InChI=1S/C29H28N4O2.C2H6/c1-18(2)34-27-15-12-21(16-22(27)17-30)29-32-28(33-35-29)25-11-7-10-24-23(25)13-14-26(24)31-19(3)20-8-5-4-6-9-20;1-2/h4-12,15-16,18-19,26,31H,13-14H2,1-3H3;1-2H3. The Morgan fingerprint density at radius 2 is 1.81 bits per heavy atom. The topological polar surface area (TPSA) is 84.0 Å². The Bertz CT molecular complexity index is 1370. The fourth-order valence-electron chi connectivity index (χ4n) is 4.73. The van der Waals surface area contributed by atoms with Crippen LogP contribution in [0, 0.1) is 11.3 Å². The molecule has 0 amide bonds. The van der Waals surface area contributed by atoms with E-state index < -0.39 is 0 Å². The van der Waals surface area contributed by atoms with Crippen molar-refractivity contribution in [3.8, 4) is 34.7 Å². The van der Waals surface area contributed by atoms with Crippen molar-refractivity contribution in [3.05, 3.63) is 89.0 Å². The summed E-state index contributed by atoms with van der Waals surface area (Å²) >= 11 is 0. The lowest BCUT2D eigenvalue weighted by Crippen LogP contribution is -2.22.